The van der Waals surface area contributed by atoms with Crippen LogP contribution in [0.2, 0.25) is 0 Å². The number of likely N-dealkylation sites (tertiary alicyclic amines) is 1. The highest BCUT2D eigenvalue weighted by atomic mass is 16.5. The van der Waals surface area contributed by atoms with Crippen LogP contribution in [0.4, 0.5) is 0 Å². The molecule has 0 aliphatic carbocycles. The number of carbonyl (C=O) groups excluding carboxylic acids is 1. The summed E-state index contributed by atoms with van der Waals surface area (Å²) >= 11 is 0. The van der Waals surface area contributed by atoms with Crippen LogP contribution in [-0.2, 0) is 11.2 Å². The Balaban J connectivity index is 1.54. The fourth-order valence-corrected chi connectivity index (χ4v) is 3.16. The third-order valence-electron chi connectivity index (χ3n) is 4.75. The molecule has 6 nitrogen and oxygen atoms in total. The highest BCUT2D eigenvalue weighted by molar-refractivity contribution is 5.76. The second-order valence-corrected chi connectivity index (χ2v) is 6.63. The summed E-state index contributed by atoms with van der Waals surface area (Å²) < 4.78 is 5.98. The fourth-order valence-electron chi connectivity index (χ4n) is 3.16. The molecule has 1 aliphatic heterocycles. The SMILES string of the molecule is Cc1ncccc1O[C@H]1CCN(C(=O)CCc2cccnc2)CC[C@@H]1O. The Bertz CT molecular complexity index is 723. The standard InChI is InChI=1S/C20H25N3O3/c1-15-18(5-3-11-22-15)26-19-9-13-23(12-8-17(19)24)20(25)7-6-16-4-2-10-21-14-16/h2-5,10-11,14,17,19,24H,6-9,12-13H2,1H3/t17-,19-/m0/s1. The van der Waals surface area contributed by atoms with Crippen LogP contribution in [0, 0.1) is 6.92 Å². The zero-order chi connectivity index (χ0) is 18.4. The van der Waals surface area contributed by atoms with Crippen LogP contribution in [0.15, 0.2) is 42.9 Å². The monoisotopic (exact) mass is 355 g/mol. The van der Waals surface area contributed by atoms with Gasteiger partial charge in [0.05, 0.1) is 11.8 Å². The summed E-state index contributed by atoms with van der Waals surface area (Å²) in [5, 5.41) is 10.4. The van der Waals surface area contributed by atoms with Gasteiger partial charge in [-0.2, -0.15) is 0 Å². The first-order valence-electron chi connectivity index (χ1n) is 9.06. The van der Waals surface area contributed by atoms with Crippen molar-refractivity contribution in [2.45, 2.75) is 44.8 Å². The van der Waals surface area contributed by atoms with Gasteiger partial charge in [0.25, 0.3) is 0 Å². The number of amides is 1. The predicted molar refractivity (Wildman–Crippen MR) is 97.8 cm³/mol. The maximum absolute atomic E-state index is 12.5. The summed E-state index contributed by atoms with van der Waals surface area (Å²) in [6.45, 7) is 3.03. The Morgan fingerprint density at radius 1 is 1.27 bits per heavy atom. The van der Waals surface area contributed by atoms with Crippen molar-refractivity contribution < 1.29 is 14.6 Å². The number of rotatable bonds is 5. The number of aliphatic hydroxyl groups excluding tert-OH is 1. The molecule has 1 fully saturated rings. The van der Waals surface area contributed by atoms with Crippen LogP contribution >= 0.6 is 0 Å². The van der Waals surface area contributed by atoms with Crippen LogP contribution in [0.25, 0.3) is 0 Å². The number of aromatic nitrogens is 2. The van der Waals surface area contributed by atoms with Crippen LogP contribution in [0.1, 0.15) is 30.5 Å². The third kappa shape index (κ3) is 4.79. The summed E-state index contributed by atoms with van der Waals surface area (Å²) in [5.74, 6) is 0.798. The lowest BCUT2D eigenvalue weighted by Crippen LogP contribution is -2.32. The van der Waals surface area contributed by atoms with E-state index in [1.807, 2.05) is 36.1 Å². The summed E-state index contributed by atoms with van der Waals surface area (Å²) in [6.07, 6.45) is 6.58. The lowest BCUT2D eigenvalue weighted by atomic mass is 10.1. The predicted octanol–water partition coefficient (Wildman–Crippen LogP) is 2.15. The van der Waals surface area contributed by atoms with Crippen molar-refractivity contribution in [2.24, 2.45) is 0 Å². The van der Waals surface area contributed by atoms with Crippen LogP contribution < -0.4 is 4.74 Å². The van der Waals surface area contributed by atoms with Crippen molar-refractivity contribution in [3.8, 4) is 5.75 Å². The van der Waals surface area contributed by atoms with Crippen molar-refractivity contribution in [2.75, 3.05) is 13.1 Å². The van der Waals surface area contributed by atoms with E-state index in [2.05, 4.69) is 9.97 Å². The van der Waals surface area contributed by atoms with Crippen LogP contribution in [0.3, 0.4) is 0 Å². The van der Waals surface area contributed by atoms with Crippen molar-refractivity contribution in [3.63, 3.8) is 0 Å². The van der Waals surface area contributed by atoms with E-state index in [0.717, 1.165) is 11.3 Å². The number of aliphatic hydroxyl groups is 1. The Kier molecular flexibility index (Phi) is 6.17. The van der Waals surface area contributed by atoms with Gasteiger partial charge in [-0.25, -0.2) is 0 Å². The van der Waals surface area contributed by atoms with Crippen LogP contribution in [0.5, 0.6) is 5.75 Å². The average Bonchev–Trinajstić information content (AvgIpc) is 2.84. The van der Waals surface area contributed by atoms with Crippen molar-refractivity contribution in [3.05, 3.63) is 54.1 Å². The Morgan fingerprint density at radius 2 is 2.08 bits per heavy atom. The second kappa shape index (κ2) is 8.76. The van der Waals surface area contributed by atoms with Gasteiger partial charge in [-0.3, -0.25) is 14.8 Å². The van der Waals surface area contributed by atoms with Crippen molar-refractivity contribution in [1.29, 1.82) is 0 Å². The van der Waals surface area contributed by atoms with Gasteiger partial charge in [-0.15, -0.1) is 0 Å². The molecule has 1 amide bonds. The Hall–Kier alpha value is -2.47. The molecule has 2 aromatic heterocycles. The van der Waals surface area contributed by atoms with E-state index >= 15 is 0 Å². The van der Waals surface area contributed by atoms with E-state index in [-0.39, 0.29) is 12.0 Å². The number of ether oxygens (including phenoxy) is 1. The molecule has 0 aromatic carbocycles. The van der Waals surface area contributed by atoms with Gasteiger partial charge < -0.3 is 14.7 Å². The molecule has 1 N–H and O–H groups in total. The molecular weight excluding hydrogens is 330 g/mol. The van der Waals surface area contributed by atoms with E-state index in [4.69, 9.17) is 4.74 Å². The highest BCUT2D eigenvalue weighted by Gasteiger charge is 2.28. The summed E-state index contributed by atoms with van der Waals surface area (Å²) in [7, 11) is 0. The number of hydrogen-bond donors (Lipinski definition) is 1. The molecule has 1 saturated heterocycles. The summed E-state index contributed by atoms with van der Waals surface area (Å²) in [6, 6.07) is 7.54. The number of aryl methyl sites for hydroxylation is 2. The van der Waals surface area contributed by atoms with Crippen LogP contribution in [-0.4, -0.2) is 51.2 Å². The number of nitrogens with zero attached hydrogens (tertiary/aromatic N) is 3. The Labute approximate surface area is 153 Å². The first-order valence-corrected chi connectivity index (χ1v) is 9.06. The zero-order valence-electron chi connectivity index (χ0n) is 15.0. The molecule has 6 heteroatoms. The lowest BCUT2D eigenvalue weighted by molar-refractivity contribution is -0.131. The van der Waals surface area contributed by atoms with E-state index in [9.17, 15) is 9.90 Å². The van der Waals surface area contributed by atoms with Crippen molar-refractivity contribution in [1.82, 2.24) is 14.9 Å². The third-order valence-corrected chi connectivity index (χ3v) is 4.75. The molecule has 3 heterocycles. The molecule has 1 aliphatic rings. The molecule has 3 rings (SSSR count). The van der Waals surface area contributed by atoms with Gasteiger partial charge in [0, 0.05) is 44.5 Å². The van der Waals surface area contributed by atoms with E-state index in [1.54, 1.807) is 18.6 Å². The van der Waals surface area contributed by atoms with E-state index in [1.165, 1.54) is 0 Å². The maximum atomic E-state index is 12.5. The number of pyridine rings is 2. The van der Waals surface area contributed by atoms with Gasteiger partial charge in [-0.05, 0) is 43.5 Å². The normalized spacial score (nSPS) is 20.5. The molecule has 0 radical (unpaired) electrons. The largest absolute Gasteiger partial charge is 0.486 e. The molecule has 0 bridgehead atoms. The molecule has 138 valence electrons. The highest BCUT2D eigenvalue weighted by Crippen LogP contribution is 2.22. The Morgan fingerprint density at radius 3 is 2.85 bits per heavy atom. The first-order chi connectivity index (χ1) is 12.6. The minimum atomic E-state index is -0.592. The summed E-state index contributed by atoms with van der Waals surface area (Å²) in [4.78, 5) is 22.6. The van der Waals surface area contributed by atoms with Gasteiger partial charge in [0.15, 0.2) is 0 Å². The lowest BCUT2D eigenvalue weighted by Gasteiger charge is -2.22. The second-order valence-electron chi connectivity index (χ2n) is 6.63. The molecular formula is C20H25N3O3. The summed E-state index contributed by atoms with van der Waals surface area (Å²) in [5.41, 5.74) is 1.86. The average molecular weight is 355 g/mol. The first kappa shape index (κ1) is 18.3. The maximum Gasteiger partial charge on any atom is 0.222 e. The molecule has 0 spiro atoms. The molecule has 0 saturated carbocycles. The van der Waals surface area contributed by atoms with Gasteiger partial charge >= 0.3 is 0 Å². The fraction of sp³-hybridized carbons (Fsp3) is 0.450. The van der Waals surface area contributed by atoms with Gasteiger partial charge in [0.2, 0.25) is 5.91 Å². The topological polar surface area (TPSA) is 75.5 Å². The minimum absolute atomic E-state index is 0.110. The quantitative estimate of drug-likeness (QED) is 0.889. The molecule has 26 heavy (non-hydrogen) atoms. The van der Waals surface area contributed by atoms with E-state index < -0.39 is 6.10 Å². The molecule has 2 aromatic rings. The van der Waals surface area contributed by atoms with Gasteiger partial charge in [-0.1, -0.05) is 6.07 Å². The van der Waals surface area contributed by atoms with E-state index in [0.29, 0.717) is 44.5 Å². The number of hydrogen-bond acceptors (Lipinski definition) is 5. The van der Waals surface area contributed by atoms with Gasteiger partial charge in [0.1, 0.15) is 11.9 Å². The number of carbonyl (C=O) groups is 1. The molecule has 2 atom stereocenters. The minimum Gasteiger partial charge on any atom is -0.486 e. The van der Waals surface area contributed by atoms with Crippen molar-refractivity contribution >= 4 is 5.91 Å². The molecule has 0 unspecified atom stereocenters. The zero-order valence-corrected chi connectivity index (χ0v) is 15.0. The smallest absolute Gasteiger partial charge is 0.222 e.